The summed E-state index contributed by atoms with van der Waals surface area (Å²) < 4.78 is 55.8. The Hall–Kier alpha value is -1.90. The van der Waals surface area contributed by atoms with Crippen molar-refractivity contribution in [1.82, 2.24) is 4.31 Å². The predicted molar refractivity (Wildman–Crippen MR) is 88.7 cm³/mol. The lowest BCUT2D eigenvalue weighted by molar-refractivity contribution is 0.476. The maximum Gasteiger partial charge on any atom is 0.339 e. The number of hydrogen-bond donors (Lipinski definition) is 0. The largest absolute Gasteiger partial charge is 0.379 e. The van der Waals surface area contributed by atoms with E-state index < -0.39 is 20.1 Å². The number of sulfonamides is 1. The number of nitrogens with zero attached hydrogens (tertiary/aromatic N) is 1. The molecule has 1 fully saturated rings. The summed E-state index contributed by atoms with van der Waals surface area (Å²) in [6.45, 7) is 0.999. The fourth-order valence-corrected chi connectivity index (χ4v) is 4.95. The molecule has 6 nitrogen and oxygen atoms in total. The quantitative estimate of drug-likeness (QED) is 0.757. The molecule has 0 aromatic heterocycles. The minimum absolute atomic E-state index is 0.0862. The van der Waals surface area contributed by atoms with Crippen molar-refractivity contribution < 1.29 is 21.0 Å². The van der Waals surface area contributed by atoms with Gasteiger partial charge in [-0.25, -0.2) is 8.42 Å². The number of benzene rings is 2. The summed E-state index contributed by atoms with van der Waals surface area (Å²) in [7, 11) is -7.57. The summed E-state index contributed by atoms with van der Waals surface area (Å²) in [4.78, 5) is -0.00483. The molecule has 0 N–H and O–H groups in total. The molecule has 1 aliphatic rings. The van der Waals surface area contributed by atoms with Crippen LogP contribution in [0.1, 0.15) is 12.8 Å². The van der Waals surface area contributed by atoms with Gasteiger partial charge in [-0.2, -0.15) is 12.7 Å². The number of hydrogen-bond acceptors (Lipinski definition) is 5. The fourth-order valence-electron chi connectivity index (χ4n) is 2.51. The van der Waals surface area contributed by atoms with Gasteiger partial charge < -0.3 is 4.18 Å². The van der Waals surface area contributed by atoms with Crippen molar-refractivity contribution in [3.63, 3.8) is 0 Å². The third-order valence-corrected chi connectivity index (χ3v) is 6.94. The van der Waals surface area contributed by atoms with Crippen LogP contribution in [0.4, 0.5) is 0 Å². The molecule has 0 saturated carbocycles. The molecule has 0 bridgehead atoms. The van der Waals surface area contributed by atoms with Gasteiger partial charge in [0.05, 0.1) is 4.90 Å². The molecule has 8 heteroatoms. The van der Waals surface area contributed by atoms with Crippen molar-refractivity contribution in [3.8, 4) is 5.75 Å². The van der Waals surface area contributed by atoms with Crippen LogP contribution in [0.3, 0.4) is 0 Å². The van der Waals surface area contributed by atoms with Crippen LogP contribution in [0.5, 0.6) is 5.75 Å². The van der Waals surface area contributed by atoms with Crippen molar-refractivity contribution in [2.75, 3.05) is 13.1 Å². The third-order valence-electron chi connectivity index (χ3n) is 3.76. The second-order valence-electron chi connectivity index (χ2n) is 5.43. The predicted octanol–water partition coefficient (Wildman–Crippen LogP) is 2.24. The summed E-state index contributed by atoms with van der Waals surface area (Å²) in [5.74, 6) is 0.200. The molecule has 2 aromatic carbocycles. The molecule has 0 aliphatic carbocycles. The van der Waals surface area contributed by atoms with Gasteiger partial charge in [-0.3, -0.25) is 0 Å². The van der Waals surface area contributed by atoms with E-state index in [1.54, 1.807) is 18.2 Å². The Balaban J connectivity index is 1.84. The van der Waals surface area contributed by atoms with Gasteiger partial charge in [-0.15, -0.1) is 0 Å². The molecule has 1 aliphatic heterocycles. The van der Waals surface area contributed by atoms with Crippen molar-refractivity contribution in [2.24, 2.45) is 0 Å². The fraction of sp³-hybridized carbons (Fsp3) is 0.250. The Kier molecular flexibility index (Phi) is 4.62. The number of para-hydroxylation sites is 1. The Morgan fingerprint density at radius 3 is 1.88 bits per heavy atom. The second-order valence-corrected chi connectivity index (χ2v) is 8.92. The second kappa shape index (κ2) is 6.54. The highest BCUT2D eigenvalue weighted by atomic mass is 32.2. The van der Waals surface area contributed by atoms with Crippen LogP contribution in [0.25, 0.3) is 0 Å². The smallest absolute Gasteiger partial charge is 0.339 e. The highest BCUT2D eigenvalue weighted by Crippen LogP contribution is 2.23. The van der Waals surface area contributed by atoms with Gasteiger partial charge in [-0.1, -0.05) is 18.2 Å². The topological polar surface area (TPSA) is 80.8 Å². The highest BCUT2D eigenvalue weighted by Gasteiger charge is 2.27. The van der Waals surface area contributed by atoms with E-state index in [9.17, 15) is 16.8 Å². The summed E-state index contributed by atoms with van der Waals surface area (Å²) in [5.41, 5.74) is 0. The van der Waals surface area contributed by atoms with Gasteiger partial charge >= 0.3 is 10.1 Å². The van der Waals surface area contributed by atoms with E-state index in [2.05, 4.69) is 0 Å². The molecule has 0 radical (unpaired) electrons. The van der Waals surface area contributed by atoms with E-state index in [0.717, 1.165) is 12.8 Å². The van der Waals surface area contributed by atoms with E-state index in [4.69, 9.17) is 4.18 Å². The lowest BCUT2D eigenvalue weighted by Crippen LogP contribution is -2.27. The highest BCUT2D eigenvalue weighted by molar-refractivity contribution is 7.89. The van der Waals surface area contributed by atoms with Crippen molar-refractivity contribution in [3.05, 3.63) is 54.6 Å². The van der Waals surface area contributed by atoms with Crippen LogP contribution in [0.2, 0.25) is 0 Å². The summed E-state index contributed by atoms with van der Waals surface area (Å²) in [6.07, 6.45) is 1.69. The lowest BCUT2D eigenvalue weighted by Gasteiger charge is -2.15. The monoisotopic (exact) mass is 367 g/mol. The number of rotatable bonds is 5. The lowest BCUT2D eigenvalue weighted by atomic mass is 10.3. The molecule has 0 unspecified atom stereocenters. The SMILES string of the molecule is O=S(=O)(Oc1ccccc1)c1ccc(S(=O)(=O)N2CCCC2)cc1. The van der Waals surface area contributed by atoms with Gasteiger partial charge in [0, 0.05) is 13.1 Å². The van der Waals surface area contributed by atoms with Crippen molar-refractivity contribution in [1.29, 1.82) is 0 Å². The van der Waals surface area contributed by atoms with Gasteiger partial charge in [-0.05, 0) is 49.2 Å². The van der Waals surface area contributed by atoms with Gasteiger partial charge in [0.25, 0.3) is 0 Å². The molecule has 1 heterocycles. The standard InChI is InChI=1S/C16H17NO5S2/c18-23(19,17-12-4-5-13-17)15-8-10-16(11-9-15)24(20,21)22-14-6-2-1-3-7-14/h1-3,6-11H,4-5,12-13H2. The first kappa shape index (κ1) is 16.9. The minimum Gasteiger partial charge on any atom is -0.379 e. The molecule has 0 amide bonds. The molecule has 2 aromatic rings. The third kappa shape index (κ3) is 3.45. The Morgan fingerprint density at radius 2 is 1.29 bits per heavy atom. The molecular weight excluding hydrogens is 350 g/mol. The van der Waals surface area contributed by atoms with Crippen molar-refractivity contribution in [2.45, 2.75) is 22.6 Å². The molecule has 0 spiro atoms. The summed E-state index contributed by atoms with van der Waals surface area (Å²) >= 11 is 0. The maximum absolute atomic E-state index is 12.4. The summed E-state index contributed by atoms with van der Waals surface area (Å²) in [6, 6.07) is 13.2. The van der Waals surface area contributed by atoms with E-state index in [1.165, 1.54) is 40.7 Å². The molecule has 128 valence electrons. The first-order chi connectivity index (χ1) is 11.4. The van der Waals surface area contributed by atoms with Crippen LogP contribution in [0.15, 0.2) is 64.4 Å². The zero-order valence-electron chi connectivity index (χ0n) is 12.8. The van der Waals surface area contributed by atoms with Gasteiger partial charge in [0.15, 0.2) is 0 Å². The van der Waals surface area contributed by atoms with E-state index in [0.29, 0.717) is 13.1 Å². The van der Waals surface area contributed by atoms with Gasteiger partial charge in [0.2, 0.25) is 10.0 Å². The van der Waals surface area contributed by atoms with Crippen LogP contribution in [-0.4, -0.2) is 34.2 Å². The average molecular weight is 367 g/mol. The molecule has 1 saturated heterocycles. The first-order valence-corrected chi connectivity index (χ1v) is 10.3. The van der Waals surface area contributed by atoms with E-state index >= 15 is 0 Å². The van der Waals surface area contributed by atoms with Crippen LogP contribution in [-0.2, 0) is 20.1 Å². The van der Waals surface area contributed by atoms with Gasteiger partial charge in [0.1, 0.15) is 10.6 Å². The molecule has 3 rings (SSSR count). The Bertz CT molecular complexity index is 901. The maximum atomic E-state index is 12.4. The Labute approximate surface area is 141 Å². The molecular formula is C16H17NO5S2. The molecule has 0 atom stereocenters. The van der Waals surface area contributed by atoms with Crippen molar-refractivity contribution >= 4 is 20.1 Å². The Morgan fingerprint density at radius 1 is 0.750 bits per heavy atom. The zero-order valence-corrected chi connectivity index (χ0v) is 14.5. The minimum atomic E-state index is -4.00. The average Bonchev–Trinajstić information content (AvgIpc) is 3.11. The van der Waals surface area contributed by atoms with Crippen LogP contribution >= 0.6 is 0 Å². The van der Waals surface area contributed by atoms with E-state index in [-0.39, 0.29) is 15.5 Å². The normalized spacial score (nSPS) is 16.2. The van der Waals surface area contributed by atoms with Crippen LogP contribution in [0, 0.1) is 0 Å². The van der Waals surface area contributed by atoms with E-state index in [1.807, 2.05) is 0 Å². The first-order valence-electron chi connectivity index (χ1n) is 7.49. The summed E-state index contributed by atoms with van der Waals surface area (Å²) in [5, 5.41) is 0. The molecule has 24 heavy (non-hydrogen) atoms. The van der Waals surface area contributed by atoms with Crippen LogP contribution < -0.4 is 4.18 Å². The zero-order chi connectivity index (χ0) is 17.2.